The molecule has 2 amide bonds. The van der Waals surface area contributed by atoms with Gasteiger partial charge in [-0.05, 0) is 38.0 Å². The third-order valence-corrected chi connectivity index (χ3v) is 7.62. The van der Waals surface area contributed by atoms with Crippen LogP contribution in [-0.2, 0) is 24.3 Å². The summed E-state index contributed by atoms with van der Waals surface area (Å²) in [7, 11) is -3.80. The van der Waals surface area contributed by atoms with Crippen LogP contribution in [0.2, 0.25) is 0 Å². The number of likely N-dealkylation sites (tertiary alicyclic amines) is 1. The van der Waals surface area contributed by atoms with Gasteiger partial charge in [0.1, 0.15) is 10.6 Å². The van der Waals surface area contributed by atoms with Gasteiger partial charge < -0.3 is 19.7 Å². The van der Waals surface area contributed by atoms with Gasteiger partial charge in [0.25, 0.3) is 0 Å². The van der Waals surface area contributed by atoms with Gasteiger partial charge in [0.2, 0.25) is 21.8 Å². The summed E-state index contributed by atoms with van der Waals surface area (Å²) in [4.78, 5) is 27.0. The van der Waals surface area contributed by atoms with Crippen molar-refractivity contribution in [2.45, 2.75) is 38.5 Å². The van der Waals surface area contributed by atoms with Gasteiger partial charge in [-0.3, -0.25) is 9.59 Å². The Hall–Kier alpha value is -2.17. The Bertz CT molecular complexity index is 928. The minimum Gasteiger partial charge on any atom is -0.492 e. The SMILES string of the molecule is CCOc1ccc(NC(=O)C2CCCN(C(=O)C(C)C)C2)cc1S(=O)(=O)N1CCOCC1. The number of sulfonamides is 1. The van der Waals surface area contributed by atoms with Gasteiger partial charge in [0, 0.05) is 37.8 Å². The fourth-order valence-corrected chi connectivity index (χ4v) is 5.55. The molecule has 1 N–H and O–H groups in total. The number of piperidine rings is 1. The standard InChI is InChI=1S/C22H33N3O6S/c1-4-31-19-8-7-18(14-20(19)32(28,29)25-10-12-30-13-11-25)23-21(26)17-6-5-9-24(15-17)22(27)16(2)3/h7-8,14,16-17H,4-6,9-13,15H2,1-3H3,(H,23,26). The summed E-state index contributed by atoms with van der Waals surface area (Å²) < 4.78 is 38.7. The fourth-order valence-electron chi connectivity index (χ4n) is 3.99. The molecule has 2 saturated heterocycles. The lowest BCUT2D eigenvalue weighted by Crippen LogP contribution is -2.45. The summed E-state index contributed by atoms with van der Waals surface area (Å²) in [6, 6.07) is 4.66. The molecule has 0 spiro atoms. The number of morpholine rings is 1. The highest BCUT2D eigenvalue weighted by Crippen LogP contribution is 2.31. The van der Waals surface area contributed by atoms with E-state index in [1.807, 2.05) is 13.8 Å². The summed E-state index contributed by atoms with van der Waals surface area (Å²) in [5.41, 5.74) is 0.387. The van der Waals surface area contributed by atoms with E-state index < -0.39 is 10.0 Å². The van der Waals surface area contributed by atoms with Crippen LogP contribution in [0.25, 0.3) is 0 Å². The Kier molecular flexibility index (Phi) is 8.13. The van der Waals surface area contributed by atoms with Crippen LogP contribution in [0.4, 0.5) is 5.69 Å². The monoisotopic (exact) mass is 467 g/mol. The Labute approximate surface area is 190 Å². The maximum Gasteiger partial charge on any atom is 0.246 e. The first-order valence-corrected chi connectivity index (χ1v) is 12.6. The predicted octanol–water partition coefficient (Wildman–Crippen LogP) is 1.94. The number of rotatable bonds is 7. The van der Waals surface area contributed by atoms with Crippen molar-refractivity contribution in [2.75, 3.05) is 51.3 Å². The molecule has 1 unspecified atom stereocenters. The zero-order valence-corrected chi connectivity index (χ0v) is 19.8. The number of carbonyl (C=O) groups excluding carboxylic acids is 2. The fraction of sp³-hybridized carbons (Fsp3) is 0.636. The highest BCUT2D eigenvalue weighted by Gasteiger charge is 2.32. The second-order valence-corrected chi connectivity index (χ2v) is 10.3. The molecule has 32 heavy (non-hydrogen) atoms. The summed E-state index contributed by atoms with van der Waals surface area (Å²) in [6.07, 6.45) is 1.44. The minimum atomic E-state index is -3.80. The van der Waals surface area contributed by atoms with E-state index in [4.69, 9.17) is 9.47 Å². The van der Waals surface area contributed by atoms with Crippen molar-refractivity contribution in [3.05, 3.63) is 18.2 Å². The maximum atomic E-state index is 13.2. The lowest BCUT2D eigenvalue weighted by atomic mass is 9.96. The molecule has 2 heterocycles. The molecule has 2 aliphatic rings. The van der Waals surface area contributed by atoms with Crippen molar-refractivity contribution in [2.24, 2.45) is 11.8 Å². The third-order valence-electron chi connectivity index (χ3n) is 5.70. The first-order valence-electron chi connectivity index (χ1n) is 11.2. The van der Waals surface area contributed by atoms with Crippen molar-refractivity contribution in [1.82, 2.24) is 9.21 Å². The Morgan fingerprint density at radius 1 is 1.22 bits per heavy atom. The van der Waals surface area contributed by atoms with E-state index in [-0.39, 0.29) is 47.4 Å². The van der Waals surface area contributed by atoms with Gasteiger partial charge in [-0.25, -0.2) is 8.42 Å². The molecule has 178 valence electrons. The molecule has 1 aromatic carbocycles. The number of benzene rings is 1. The number of hydrogen-bond donors (Lipinski definition) is 1. The molecule has 2 fully saturated rings. The molecule has 10 heteroatoms. The molecule has 0 bridgehead atoms. The molecule has 0 aromatic heterocycles. The lowest BCUT2D eigenvalue weighted by Gasteiger charge is -2.33. The summed E-state index contributed by atoms with van der Waals surface area (Å²) >= 11 is 0. The molecular weight excluding hydrogens is 434 g/mol. The maximum absolute atomic E-state index is 13.2. The van der Waals surface area contributed by atoms with Crippen LogP contribution in [0.5, 0.6) is 5.75 Å². The highest BCUT2D eigenvalue weighted by atomic mass is 32.2. The smallest absolute Gasteiger partial charge is 0.246 e. The Morgan fingerprint density at radius 3 is 2.59 bits per heavy atom. The summed E-state index contributed by atoms with van der Waals surface area (Å²) in [5.74, 6) is -0.371. The van der Waals surface area contributed by atoms with Crippen molar-refractivity contribution in [3.63, 3.8) is 0 Å². The Balaban J connectivity index is 1.79. The van der Waals surface area contributed by atoms with Gasteiger partial charge in [-0.15, -0.1) is 0 Å². The quantitative estimate of drug-likeness (QED) is 0.657. The first-order chi connectivity index (χ1) is 15.2. The highest BCUT2D eigenvalue weighted by molar-refractivity contribution is 7.89. The number of nitrogens with one attached hydrogen (secondary N) is 1. The van der Waals surface area contributed by atoms with Crippen molar-refractivity contribution in [1.29, 1.82) is 0 Å². The van der Waals surface area contributed by atoms with E-state index in [9.17, 15) is 18.0 Å². The van der Waals surface area contributed by atoms with Crippen molar-refractivity contribution < 1.29 is 27.5 Å². The second-order valence-electron chi connectivity index (χ2n) is 8.38. The molecule has 9 nitrogen and oxygen atoms in total. The van der Waals surface area contributed by atoms with E-state index in [2.05, 4.69) is 5.32 Å². The molecule has 1 aromatic rings. The molecule has 2 aliphatic heterocycles. The molecule has 0 aliphatic carbocycles. The number of amides is 2. The zero-order chi connectivity index (χ0) is 23.3. The topological polar surface area (TPSA) is 105 Å². The first kappa shape index (κ1) is 24.5. The van der Waals surface area contributed by atoms with E-state index in [0.717, 1.165) is 6.42 Å². The third kappa shape index (κ3) is 5.60. The van der Waals surface area contributed by atoms with Gasteiger partial charge in [0.15, 0.2) is 0 Å². The molecule has 0 radical (unpaired) electrons. The van der Waals surface area contributed by atoms with Crippen molar-refractivity contribution in [3.8, 4) is 5.75 Å². The largest absolute Gasteiger partial charge is 0.492 e. The van der Waals surface area contributed by atoms with Crippen LogP contribution < -0.4 is 10.1 Å². The summed E-state index contributed by atoms with van der Waals surface area (Å²) in [6.45, 7) is 8.06. The van der Waals surface area contributed by atoms with E-state index in [0.29, 0.717) is 45.0 Å². The van der Waals surface area contributed by atoms with Gasteiger partial charge in [-0.1, -0.05) is 13.8 Å². The number of nitrogens with zero attached hydrogens (tertiary/aromatic N) is 2. The predicted molar refractivity (Wildman–Crippen MR) is 120 cm³/mol. The van der Waals surface area contributed by atoms with Crippen LogP contribution in [-0.4, -0.2) is 75.4 Å². The Morgan fingerprint density at radius 2 is 1.94 bits per heavy atom. The average Bonchev–Trinajstić information content (AvgIpc) is 2.80. The zero-order valence-electron chi connectivity index (χ0n) is 19.0. The summed E-state index contributed by atoms with van der Waals surface area (Å²) in [5, 5.41) is 2.84. The van der Waals surface area contributed by atoms with Gasteiger partial charge >= 0.3 is 0 Å². The van der Waals surface area contributed by atoms with Crippen LogP contribution >= 0.6 is 0 Å². The van der Waals surface area contributed by atoms with Gasteiger partial charge in [0.05, 0.1) is 25.7 Å². The molecule has 3 rings (SSSR count). The minimum absolute atomic E-state index is 0.0271. The number of anilines is 1. The number of carbonyl (C=O) groups is 2. The second kappa shape index (κ2) is 10.6. The van der Waals surface area contributed by atoms with Crippen LogP contribution in [0.15, 0.2) is 23.1 Å². The molecular formula is C22H33N3O6S. The molecule has 0 saturated carbocycles. The van der Waals surface area contributed by atoms with Gasteiger partial charge in [-0.2, -0.15) is 4.31 Å². The average molecular weight is 468 g/mol. The normalized spacial score (nSPS) is 20.2. The number of ether oxygens (including phenoxy) is 2. The van der Waals surface area contributed by atoms with Crippen LogP contribution in [0.3, 0.4) is 0 Å². The van der Waals surface area contributed by atoms with E-state index >= 15 is 0 Å². The molecule has 1 atom stereocenters. The van der Waals surface area contributed by atoms with E-state index in [1.165, 1.54) is 10.4 Å². The van der Waals surface area contributed by atoms with Crippen LogP contribution in [0, 0.1) is 11.8 Å². The number of hydrogen-bond acceptors (Lipinski definition) is 6. The van der Waals surface area contributed by atoms with E-state index in [1.54, 1.807) is 24.0 Å². The lowest BCUT2D eigenvalue weighted by molar-refractivity contribution is -0.137. The van der Waals surface area contributed by atoms with Crippen molar-refractivity contribution >= 4 is 27.5 Å². The van der Waals surface area contributed by atoms with Crippen LogP contribution in [0.1, 0.15) is 33.6 Å².